The molecular weight excluding hydrogens is 446 g/mol. The topological polar surface area (TPSA) is 122 Å². The largest absolute Gasteiger partial charge is 0.361 e. The maximum atomic E-state index is 13.0. The summed E-state index contributed by atoms with van der Waals surface area (Å²) in [5.41, 5.74) is 1.06. The van der Waals surface area contributed by atoms with Crippen molar-refractivity contribution in [1.82, 2.24) is 29.5 Å². The zero-order valence-corrected chi connectivity index (χ0v) is 21.0. The number of hydrogen-bond donors (Lipinski definition) is 1. The van der Waals surface area contributed by atoms with Crippen molar-refractivity contribution in [3.63, 3.8) is 0 Å². The summed E-state index contributed by atoms with van der Waals surface area (Å²) in [6.07, 6.45) is 8.70. The molecule has 0 bridgehead atoms. The van der Waals surface area contributed by atoms with E-state index in [4.69, 9.17) is 0 Å². The number of nitrogens with zero attached hydrogens (tertiary/aromatic N) is 8. The van der Waals surface area contributed by atoms with Crippen LogP contribution in [0.3, 0.4) is 0 Å². The van der Waals surface area contributed by atoms with Crippen molar-refractivity contribution in [3.05, 3.63) is 36.7 Å². The molecule has 1 aliphatic heterocycles. The number of Topliss-reactive ketones (excluding diaryl/α,β-unsaturated/α-hetero) is 1. The molecule has 0 saturated carbocycles. The summed E-state index contributed by atoms with van der Waals surface area (Å²) >= 11 is 0. The smallest absolute Gasteiger partial charge is 0.248 e. The monoisotopic (exact) mass is 477 g/mol. The molecule has 4 rings (SSSR count). The Balaban J connectivity index is 1.51. The minimum atomic E-state index is -0.681. The molecule has 4 heterocycles. The number of hydrogen-bond acceptors (Lipinski definition) is 9. The van der Waals surface area contributed by atoms with Gasteiger partial charge in [0.05, 0.1) is 11.9 Å². The van der Waals surface area contributed by atoms with Crippen LogP contribution in [0.1, 0.15) is 57.1 Å². The third kappa shape index (κ3) is 4.84. The van der Waals surface area contributed by atoms with Crippen LogP contribution >= 0.6 is 0 Å². The fraction of sp³-hybridized carbons (Fsp3) is 0.458. The van der Waals surface area contributed by atoms with Crippen LogP contribution in [-0.2, 0) is 4.79 Å². The Bertz CT molecular complexity index is 1230. The highest BCUT2D eigenvalue weighted by Crippen LogP contribution is 2.31. The summed E-state index contributed by atoms with van der Waals surface area (Å²) in [6, 6.07) is 0.932. The van der Waals surface area contributed by atoms with Gasteiger partial charge in [0.25, 0.3) is 0 Å². The van der Waals surface area contributed by atoms with Crippen LogP contribution in [0.15, 0.2) is 31.0 Å². The first-order chi connectivity index (χ1) is 16.6. The molecule has 3 aromatic heterocycles. The molecule has 1 unspecified atom stereocenters. The van der Waals surface area contributed by atoms with Crippen LogP contribution in [0.2, 0.25) is 0 Å². The fourth-order valence-electron chi connectivity index (χ4n) is 4.29. The van der Waals surface area contributed by atoms with Gasteiger partial charge in [0, 0.05) is 51.7 Å². The highest BCUT2D eigenvalue weighted by Gasteiger charge is 2.33. The summed E-state index contributed by atoms with van der Waals surface area (Å²) in [6.45, 7) is 8.48. The second kappa shape index (κ2) is 9.40. The summed E-state index contributed by atoms with van der Waals surface area (Å²) in [4.78, 5) is 51.3. The molecule has 1 saturated heterocycles. The van der Waals surface area contributed by atoms with Crippen molar-refractivity contribution < 1.29 is 9.59 Å². The van der Waals surface area contributed by atoms with E-state index in [1.54, 1.807) is 55.1 Å². The van der Waals surface area contributed by atoms with E-state index >= 15 is 0 Å². The lowest BCUT2D eigenvalue weighted by Crippen LogP contribution is -2.39. The van der Waals surface area contributed by atoms with Crippen LogP contribution in [0.5, 0.6) is 0 Å². The summed E-state index contributed by atoms with van der Waals surface area (Å²) in [5, 5.41) is 2.81. The lowest BCUT2D eigenvalue weighted by atomic mass is 10.0. The summed E-state index contributed by atoms with van der Waals surface area (Å²) < 4.78 is 1.57. The van der Waals surface area contributed by atoms with Gasteiger partial charge in [0.2, 0.25) is 11.9 Å². The molecule has 11 heteroatoms. The number of carbonyl (C=O) groups excluding carboxylic acids is 2. The average molecular weight is 478 g/mol. The molecule has 0 radical (unpaired) electrons. The Hall–Kier alpha value is -3.89. The van der Waals surface area contributed by atoms with Gasteiger partial charge in [-0.1, -0.05) is 0 Å². The van der Waals surface area contributed by atoms with Gasteiger partial charge in [0.15, 0.2) is 17.4 Å². The van der Waals surface area contributed by atoms with Crippen LogP contribution in [-0.4, -0.2) is 67.4 Å². The molecule has 1 N–H and O–H groups in total. The van der Waals surface area contributed by atoms with Gasteiger partial charge >= 0.3 is 0 Å². The van der Waals surface area contributed by atoms with Gasteiger partial charge < -0.3 is 19.7 Å². The Kier molecular flexibility index (Phi) is 6.51. The van der Waals surface area contributed by atoms with E-state index in [9.17, 15) is 9.59 Å². The number of ketones is 1. The van der Waals surface area contributed by atoms with Crippen molar-refractivity contribution in [3.8, 4) is 11.4 Å². The maximum absolute atomic E-state index is 13.0. The number of carbonyl (C=O) groups is 2. The SMILES string of the molecule is CC(=O)c1c(N(C)C)ncn1C(C)C(=O)Nc1ccnc(-c2cnc(N3CCCC3(C)C)nc2)n1. The van der Waals surface area contributed by atoms with Crippen LogP contribution in [0.4, 0.5) is 17.6 Å². The molecule has 1 atom stereocenters. The number of nitrogens with one attached hydrogen (secondary N) is 1. The van der Waals surface area contributed by atoms with Gasteiger partial charge in [-0.3, -0.25) is 9.59 Å². The quantitative estimate of drug-likeness (QED) is 0.512. The van der Waals surface area contributed by atoms with Gasteiger partial charge in [-0.05, 0) is 39.7 Å². The number of rotatable bonds is 7. The van der Waals surface area contributed by atoms with E-state index in [1.807, 2.05) is 0 Å². The Morgan fingerprint density at radius 1 is 1.14 bits per heavy atom. The number of imidazole rings is 1. The van der Waals surface area contributed by atoms with Gasteiger partial charge in [-0.15, -0.1) is 0 Å². The lowest BCUT2D eigenvalue weighted by Gasteiger charge is -2.31. The Morgan fingerprint density at radius 3 is 2.46 bits per heavy atom. The van der Waals surface area contributed by atoms with Crippen molar-refractivity contribution in [1.29, 1.82) is 0 Å². The number of anilines is 3. The molecule has 0 aliphatic carbocycles. The Morgan fingerprint density at radius 2 is 1.86 bits per heavy atom. The second-order valence-corrected chi connectivity index (χ2v) is 9.54. The maximum Gasteiger partial charge on any atom is 0.248 e. The lowest BCUT2D eigenvalue weighted by molar-refractivity contribution is -0.118. The molecule has 0 aromatic carbocycles. The zero-order valence-electron chi connectivity index (χ0n) is 21.0. The van der Waals surface area contributed by atoms with E-state index in [-0.39, 0.29) is 17.2 Å². The molecule has 1 fully saturated rings. The molecule has 184 valence electrons. The molecule has 3 aromatic rings. The molecule has 1 amide bonds. The normalized spacial score (nSPS) is 15.7. The predicted molar refractivity (Wildman–Crippen MR) is 134 cm³/mol. The van der Waals surface area contributed by atoms with E-state index in [0.29, 0.717) is 34.7 Å². The van der Waals surface area contributed by atoms with E-state index in [2.05, 4.69) is 49.0 Å². The van der Waals surface area contributed by atoms with E-state index in [1.165, 1.54) is 13.3 Å². The van der Waals surface area contributed by atoms with Crippen molar-refractivity contribution in [2.24, 2.45) is 0 Å². The minimum absolute atomic E-state index is 0.0315. The van der Waals surface area contributed by atoms with Crippen LogP contribution < -0.4 is 15.1 Å². The standard InChI is InChI=1S/C24H31N9O2/c1-15(32-14-28-21(31(5)6)19(32)16(2)34)22(35)30-18-8-10-25-20(29-18)17-12-26-23(27-13-17)33-11-7-9-24(33,3)4/h8,10,12-15H,7,9,11H2,1-6H3,(H,25,29,30,35). The average Bonchev–Trinajstić information content (AvgIpc) is 3.42. The van der Waals surface area contributed by atoms with Gasteiger partial charge in [-0.25, -0.2) is 24.9 Å². The second-order valence-electron chi connectivity index (χ2n) is 9.54. The van der Waals surface area contributed by atoms with Crippen LogP contribution in [0, 0.1) is 0 Å². The molecular formula is C24H31N9O2. The number of amides is 1. The predicted octanol–water partition coefficient (Wildman–Crippen LogP) is 2.98. The number of aromatic nitrogens is 6. The molecule has 35 heavy (non-hydrogen) atoms. The van der Waals surface area contributed by atoms with Crippen LogP contribution in [0.25, 0.3) is 11.4 Å². The van der Waals surface area contributed by atoms with Crippen molar-refractivity contribution >= 4 is 29.3 Å². The Labute approximate surface area is 204 Å². The highest BCUT2D eigenvalue weighted by molar-refractivity contribution is 5.99. The third-order valence-corrected chi connectivity index (χ3v) is 6.27. The summed E-state index contributed by atoms with van der Waals surface area (Å²) in [7, 11) is 3.60. The van der Waals surface area contributed by atoms with Crippen molar-refractivity contribution in [2.75, 3.05) is 35.8 Å². The van der Waals surface area contributed by atoms with Gasteiger partial charge in [-0.2, -0.15) is 0 Å². The molecule has 11 nitrogen and oxygen atoms in total. The molecule has 0 spiro atoms. The summed E-state index contributed by atoms with van der Waals surface area (Å²) in [5.74, 6) is 1.45. The first-order valence-corrected chi connectivity index (χ1v) is 11.6. The first kappa shape index (κ1) is 24.2. The van der Waals surface area contributed by atoms with E-state index in [0.717, 1.165) is 19.4 Å². The highest BCUT2D eigenvalue weighted by atomic mass is 16.2. The zero-order chi connectivity index (χ0) is 25.3. The van der Waals surface area contributed by atoms with Crippen molar-refractivity contribution in [2.45, 2.75) is 52.1 Å². The van der Waals surface area contributed by atoms with Gasteiger partial charge in [0.1, 0.15) is 17.6 Å². The third-order valence-electron chi connectivity index (χ3n) is 6.27. The van der Waals surface area contributed by atoms with E-state index < -0.39 is 6.04 Å². The fourth-order valence-corrected chi connectivity index (χ4v) is 4.29. The molecule has 1 aliphatic rings. The minimum Gasteiger partial charge on any atom is -0.361 e. The first-order valence-electron chi connectivity index (χ1n) is 11.6.